The van der Waals surface area contributed by atoms with Crippen LogP contribution >= 0.6 is 12.4 Å². The lowest BCUT2D eigenvalue weighted by atomic mass is 9.89. The fourth-order valence-electron chi connectivity index (χ4n) is 4.50. The maximum Gasteiger partial charge on any atom is 0.224 e. The number of anilines is 1. The third-order valence-electron chi connectivity index (χ3n) is 5.94. The Morgan fingerprint density at radius 2 is 1.60 bits per heavy atom. The first-order valence-corrected chi connectivity index (χ1v) is 10.6. The minimum absolute atomic E-state index is 0. The van der Waals surface area contributed by atoms with Crippen molar-refractivity contribution in [2.24, 2.45) is 5.92 Å². The number of carbonyl (C=O) groups is 1. The summed E-state index contributed by atoms with van der Waals surface area (Å²) in [4.78, 5) is 12.4. The van der Waals surface area contributed by atoms with Gasteiger partial charge in [0.25, 0.3) is 0 Å². The van der Waals surface area contributed by atoms with Crippen molar-refractivity contribution in [2.75, 3.05) is 19.0 Å². The molecular weight excluding hydrogens is 400 g/mol. The molecule has 4 rings (SSSR count). The molecule has 2 N–H and O–H groups in total. The van der Waals surface area contributed by atoms with Crippen LogP contribution in [0.25, 0.3) is 0 Å². The van der Waals surface area contributed by atoms with Crippen LogP contribution in [0.4, 0.5) is 5.69 Å². The molecule has 0 saturated carbocycles. The van der Waals surface area contributed by atoms with Crippen LogP contribution in [0.5, 0.6) is 11.5 Å². The van der Waals surface area contributed by atoms with Crippen molar-refractivity contribution in [1.29, 1.82) is 0 Å². The zero-order chi connectivity index (χ0) is 20.1. The second-order valence-corrected chi connectivity index (χ2v) is 8.24. The molecule has 162 valence electrons. The van der Waals surface area contributed by atoms with Gasteiger partial charge in [0.1, 0.15) is 11.5 Å². The van der Waals surface area contributed by atoms with E-state index in [-0.39, 0.29) is 18.3 Å². The zero-order valence-corrected chi connectivity index (χ0v) is 18.3. The van der Waals surface area contributed by atoms with Crippen LogP contribution in [0.1, 0.15) is 37.7 Å². The van der Waals surface area contributed by atoms with Gasteiger partial charge in [-0.25, -0.2) is 0 Å². The van der Waals surface area contributed by atoms with Crippen molar-refractivity contribution >= 4 is 24.0 Å². The number of piperidine rings is 1. The molecule has 2 bridgehead atoms. The summed E-state index contributed by atoms with van der Waals surface area (Å²) >= 11 is 0. The minimum Gasteiger partial charge on any atom is -0.457 e. The highest BCUT2D eigenvalue weighted by Crippen LogP contribution is 2.33. The fraction of sp³-hybridized carbons (Fsp3) is 0.458. The van der Waals surface area contributed by atoms with E-state index in [9.17, 15) is 4.79 Å². The first-order chi connectivity index (χ1) is 14.2. The Bertz CT molecular complexity index is 798. The molecule has 0 aliphatic carbocycles. The van der Waals surface area contributed by atoms with E-state index in [1.54, 1.807) is 7.11 Å². The molecule has 30 heavy (non-hydrogen) atoms. The molecule has 2 atom stereocenters. The van der Waals surface area contributed by atoms with Crippen LogP contribution in [0.15, 0.2) is 48.5 Å². The van der Waals surface area contributed by atoms with Crippen LogP contribution < -0.4 is 15.4 Å². The Morgan fingerprint density at radius 3 is 2.20 bits per heavy atom. The maximum absolute atomic E-state index is 12.4. The summed E-state index contributed by atoms with van der Waals surface area (Å²) in [6.07, 6.45) is 6.29. The van der Waals surface area contributed by atoms with Crippen molar-refractivity contribution in [3.05, 3.63) is 54.1 Å². The molecule has 0 spiro atoms. The topological polar surface area (TPSA) is 59.6 Å². The molecule has 1 amide bonds. The first kappa shape index (κ1) is 22.6. The van der Waals surface area contributed by atoms with Crippen LogP contribution in [-0.2, 0) is 16.0 Å². The summed E-state index contributed by atoms with van der Waals surface area (Å²) in [5.41, 5.74) is 2.04. The van der Waals surface area contributed by atoms with Crippen molar-refractivity contribution in [3.63, 3.8) is 0 Å². The number of methoxy groups -OCH3 is 1. The van der Waals surface area contributed by atoms with E-state index in [4.69, 9.17) is 9.47 Å². The highest BCUT2D eigenvalue weighted by atomic mass is 35.5. The Hall–Kier alpha value is -2.08. The predicted octanol–water partition coefficient (Wildman–Crippen LogP) is 4.95. The van der Waals surface area contributed by atoms with Gasteiger partial charge in [-0.15, -0.1) is 12.4 Å². The van der Waals surface area contributed by atoms with E-state index in [0.717, 1.165) is 36.4 Å². The molecule has 2 fully saturated rings. The largest absolute Gasteiger partial charge is 0.457 e. The molecule has 2 heterocycles. The fourth-order valence-corrected chi connectivity index (χ4v) is 4.50. The van der Waals surface area contributed by atoms with Crippen LogP contribution in [0, 0.1) is 5.92 Å². The summed E-state index contributed by atoms with van der Waals surface area (Å²) in [5, 5.41) is 6.66. The van der Waals surface area contributed by atoms with E-state index in [1.807, 2.05) is 36.4 Å². The molecule has 5 nitrogen and oxygen atoms in total. The van der Waals surface area contributed by atoms with Gasteiger partial charge in [-0.2, -0.15) is 0 Å². The second kappa shape index (κ2) is 10.8. The summed E-state index contributed by atoms with van der Waals surface area (Å²) < 4.78 is 11.0. The number of fused-ring (bicyclic) bond motifs is 2. The Balaban J connectivity index is 0.00000256. The number of halogens is 1. The average Bonchev–Trinajstić information content (AvgIpc) is 3.07. The van der Waals surface area contributed by atoms with Crippen LogP contribution in [0.3, 0.4) is 0 Å². The number of ether oxygens (including phenoxy) is 2. The third-order valence-corrected chi connectivity index (χ3v) is 5.94. The van der Waals surface area contributed by atoms with Crippen molar-refractivity contribution in [1.82, 2.24) is 5.32 Å². The van der Waals surface area contributed by atoms with E-state index < -0.39 is 0 Å². The number of hydrogen-bond donors (Lipinski definition) is 2. The summed E-state index contributed by atoms with van der Waals surface area (Å²) in [5.74, 6) is 2.16. The number of benzene rings is 2. The molecule has 6 heteroatoms. The molecule has 0 aromatic heterocycles. The first-order valence-electron chi connectivity index (χ1n) is 10.6. The van der Waals surface area contributed by atoms with Gasteiger partial charge in [0.05, 0.1) is 6.61 Å². The second-order valence-electron chi connectivity index (χ2n) is 8.24. The Labute approximate surface area is 184 Å². The monoisotopic (exact) mass is 430 g/mol. The molecule has 2 aromatic rings. The van der Waals surface area contributed by atoms with Crippen molar-refractivity contribution < 1.29 is 14.3 Å². The van der Waals surface area contributed by atoms with Gasteiger partial charge in [-0.05, 0) is 80.0 Å². The third kappa shape index (κ3) is 6.21. The molecule has 2 aliphatic rings. The maximum atomic E-state index is 12.4. The normalized spacial score (nSPS) is 22.2. The SMILES string of the molecule is COCCc1ccc(Oc2ccc(NC(=O)CC3CC4CCC(C3)N4)cc2)cc1.Cl. The van der Waals surface area contributed by atoms with Gasteiger partial charge in [-0.3, -0.25) is 4.79 Å². The van der Waals surface area contributed by atoms with E-state index >= 15 is 0 Å². The molecule has 2 saturated heterocycles. The predicted molar refractivity (Wildman–Crippen MR) is 122 cm³/mol. The molecule has 2 aliphatic heterocycles. The standard InChI is InChI=1S/C24H30N2O3.ClH/c1-28-13-12-17-2-8-22(9-3-17)29-23-10-6-19(7-11-23)26-24(27)16-18-14-20-4-5-21(15-18)25-20;/h2-3,6-11,18,20-21,25H,4-5,12-16H2,1H3,(H,26,27);1H. The van der Waals surface area contributed by atoms with Crippen LogP contribution in [-0.4, -0.2) is 31.7 Å². The minimum atomic E-state index is 0. The van der Waals surface area contributed by atoms with E-state index in [1.165, 1.54) is 18.4 Å². The number of nitrogens with one attached hydrogen (secondary N) is 2. The van der Waals surface area contributed by atoms with Gasteiger partial charge in [0.2, 0.25) is 5.91 Å². The zero-order valence-electron chi connectivity index (χ0n) is 17.4. The number of rotatable bonds is 8. The molecule has 2 aromatic carbocycles. The number of amides is 1. The van der Waals surface area contributed by atoms with Gasteiger partial charge >= 0.3 is 0 Å². The van der Waals surface area contributed by atoms with Gasteiger partial charge in [-0.1, -0.05) is 12.1 Å². The lowest BCUT2D eigenvalue weighted by Crippen LogP contribution is -2.39. The highest BCUT2D eigenvalue weighted by Gasteiger charge is 2.34. The highest BCUT2D eigenvalue weighted by molar-refractivity contribution is 5.90. The summed E-state index contributed by atoms with van der Waals surface area (Å²) in [6.45, 7) is 0.714. The lowest BCUT2D eigenvalue weighted by Gasteiger charge is -2.28. The Morgan fingerprint density at radius 1 is 1.00 bits per heavy atom. The molecular formula is C24H31ClN2O3. The molecule has 2 unspecified atom stereocenters. The van der Waals surface area contributed by atoms with Crippen molar-refractivity contribution in [2.45, 2.75) is 50.6 Å². The van der Waals surface area contributed by atoms with Crippen molar-refractivity contribution in [3.8, 4) is 11.5 Å². The average molecular weight is 431 g/mol. The quantitative estimate of drug-likeness (QED) is 0.622. The van der Waals surface area contributed by atoms with E-state index in [0.29, 0.717) is 31.0 Å². The smallest absolute Gasteiger partial charge is 0.224 e. The van der Waals surface area contributed by atoms with Crippen LogP contribution in [0.2, 0.25) is 0 Å². The summed E-state index contributed by atoms with van der Waals surface area (Å²) in [6, 6.07) is 16.8. The Kier molecular flexibility index (Phi) is 8.14. The van der Waals surface area contributed by atoms with Gasteiger partial charge in [0.15, 0.2) is 0 Å². The lowest BCUT2D eigenvalue weighted by molar-refractivity contribution is -0.117. The molecule has 0 radical (unpaired) electrons. The number of hydrogen-bond acceptors (Lipinski definition) is 4. The van der Waals surface area contributed by atoms with Gasteiger partial charge < -0.3 is 20.1 Å². The van der Waals surface area contributed by atoms with E-state index in [2.05, 4.69) is 22.8 Å². The van der Waals surface area contributed by atoms with Gasteiger partial charge in [0, 0.05) is 31.3 Å². The number of carbonyl (C=O) groups excluding carboxylic acids is 1. The summed E-state index contributed by atoms with van der Waals surface area (Å²) in [7, 11) is 1.71.